The summed E-state index contributed by atoms with van der Waals surface area (Å²) in [4.78, 5) is 15.1. The number of hydrogen-bond donors (Lipinski definition) is 1. The molecule has 0 radical (unpaired) electrons. The highest BCUT2D eigenvalue weighted by atomic mass is 16.1. The molecule has 0 spiro atoms. The van der Waals surface area contributed by atoms with Crippen LogP contribution < -0.4 is 11.4 Å². The fourth-order valence-corrected chi connectivity index (χ4v) is 1.09. The third-order valence-electron chi connectivity index (χ3n) is 2.24. The average Bonchev–Trinajstić information content (AvgIpc) is 2.10. The molecule has 0 aliphatic heterocycles. The lowest BCUT2D eigenvalue weighted by atomic mass is 10.2. The van der Waals surface area contributed by atoms with Crippen molar-refractivity contribution in [2.45, 2.75) is 33.2 Å². The first-order valence-electron chi connectivity index (χ1n) is 4.41. The molecule has 13 heavy (non-hydrogen) atoms. The van der Waals surface area contributed by atoms with Crippen molar-refractivity contribution >= 4 is 5.82 Å². The number of aryl methyl sites for hydroxylation is 1. The summed E-state index contributed by atoms with van der Waals surface area (Å²) in [7, 11) is 0. The number of nitrogens with zero attached hydrogens (tertiary/aromatic N) is 2. The molecule has 1 rings (SSSR count). The van der Waals surface area contributed by atoms with Gasteiger partial charge in [0.2, 0.25) is 0 Å². The smallest absolute Gasteiger partial charge is 0.349 e. The van der Waals surface area contributed by atoms with E-state index in [1.165, 1.54) is 0 Å². The molecule has 4 nitrogen and oxygen atoms in total. The summed E-state index contributed by atoms with van der Waals surface area (Å²) in [5.74, 6) is 0.324. The zero-order valence-corrected chi connectivity index (χ0v) is 8.24. The zero-order chi connectivity index (χ0) is 10.0. The van der Waals surface area contributed by atoms with Gasteiger partial charge < -0.3 is 5.73 Å². The number of hydrogen-bond acceptors (Lipinski definition) is 3. The third-order valence-corrected chi connectivity index (χ3v) is 2.24. The number of rotatable bonds is 2. The summed E-state index contributed by atoms with van der Waals surface area (Å²) >= 11 is 0. The van der Waals surface area contributed by atoms with E-state index in [-0.39, 0.29) is 11.7 Å². The largest absolute Gasteiger partial charge is 0.383 e. The summed E-state index contributed by atoms with van der Waals surface area (Å²) in [6.07, 6.45) is 2.67. The topological polar surface area (TPSA) is 60.9 Å². The van der Waals surface area contributed by atoms with Crippen LogP contribution in [0, 0.1) is 6.92 Å². The molecule has 1 aromatic rings. The van der Waals surface area contributed by atoms with Crippen LogP contribution in [0.2, 0.25) is 0 Å². The summed E-state index contributed by atoms with van der Waals surface area (Å²) < 4.78 is 1.62. The van der Waals surface area contributed by atoms with Gasteiger partial charge in [-0.05, 0) is 20.3 Å². The third kappa shape index (κ3) is 1.88. The van der Waals surface area contributed by atoms with Gasteiger partial charge in [0, 0.05) is 17.8 Å². The lowest BCUT2D eigenvalue weighted by Crippen LogP contribution is -2.26. The van der Waals surface area contributed by atoms with E-state index in [0.717, 1.165) is 12.0 Å². The van der Waals surface area contributed by atoms with Crippen molar-refractivity contribution in [1.82, 2.24) is 9.55 Å². The Morgan fingerprint density at radius 3 is 2.85 bits per heavy atom. The van der Waals surface area contributed by atoms with E-state index >= 15 is 0 Å². The molecule has 0 saturated carbocycles. The molecule has 0 fully saturated rings. The first-order valence-corrected chi connectivity index (χ1v) is 4.41. The van der Waals surface area contributed by atoms with Crippen molar-refractivity contribution in [3.63, 3.8) is 0 Å². The van der Waals surface area contributed by atoms with E-state index in [1.54, 1.807) is 10.8 Å². The summed E-state index contributed by atoms with van der Waals surface area (Å²) in [5.41, 5.74) is 6.09. The predicted octanol–water partition coefficient (Wildman–Crippen LogP) is 1.10. The van der Waals surface area contributed by atoms with Gasteiger partial charge in [0.15, 0.2) is 0 Å². The first kappa shape index (κ1) is 9.77. The van der Waals surface area contributed by atoms with Crippen LogP contribution in [0.5, 0.6) is 0 Å². The Labute approximate surface area is 77.4 Å². The van der Waals surface area contributed by atoms with E-state index in [2.05, 4.69) is 4.98 Å². The molecular weight excluding hydrogens is 166 g/mol. The van der Waals surface area contributed by atoms with Crippen molar-refractivity contribution in [3.05, 3.63) is 22.2 Å². The summed E-state index contributed by atoms with van der Waals surface area (Å²) in [5, 5.41) is 0. The van der Waals surface area contributed by atoms with Crippen LogP contribution in [0.25, 0.3) is 0 Å². The lowest BCUT2D eigenvalue weighted by Gasteiger charge is -2.13. The second-order valence-electron chi connectivity index (χ2n) is 3.26. The lowest BCUT2D eigenvalue weighted by molar-refractivity contribution is 0.503. The second-order valence-corrected chi connectivity index (χ2v) is 3.26. The number of aromatic nitrogens is 2. The predicted molar refractivity (Wildman–Crippen MR) is 52.6 cm³/mol. The standard InChI is InChI=1S/C9H15N3O/c1-4-7(3)12-5-6(2)8(10)11-9(12)13/h5,7H,4H2,1-3H3,(H2,10,11,13). The van der Waals surface area contributed by atoms with Crippen molar-refractivity contribution in [3.8, 4) is 0 Å². The summed E-state index contributed by atoms with van der Waals surface area (Å²) in [6, 6.07) is 0.180. The van der Waals surface area contributed by atoms with E-state index in [9.17, 15) is 4.79 Å². The highest BCUT2D eigenvalue weighted by molar-refractivity contribution is 5.35. The molecule has 0 saturated heterocycles. The summed E-state index contributed by atoms with van der Waals surface area (Å²) in [6.45, 7) is 5.86. The Kier molecular flexibility index (Phi) is 2.70. The van der Waals surface area contributed by atoms with Crippen LogP contribution in [0.3, 0.4) is 0 Å². The minimum Gasteiger partial charge on any atom is -0.383 e. The Morgan fingerprint density at radius 1 is 1.69 bits per heavy atom. The Balaban J connectivity index is 3.24. The monoisotopic (exact) mass is 181 g/mol. The van der Waals surface area contributed by atoms with Crippen LogP contribution in [0.4, 0.5) is 5.82 Å². The SMILES string of the molecule is CCC(C)n1cc(C)c(N)nc1=O. The molecule has 2 N–H and O–H groups in total. The van der Waals surface area contributed by atoms with Crippen LogP contribution in [-0.4, -0.2) is 9.55 Å². The number of anilines is 1. The minimum absolute atomic E-state index is 0.180. The highest BCUT2D eigenvalue weighted by Crippen LogP contribution is 2.09. The van der Waals surface area contributed by atoms with Gasteiger partial charge in [-0.15, -0.1) is 0 Å². The Hall–Kier alpha value is -1.32. The molecule has 0 amide bonds. The van der Waals surface area contributed by atoms with Crippen molar-refractivity contribution in [2.75, 3.05) is 5.73 Å². The van der Waals surface area contributed by atoms with Crippen molar-refractivity contribution < 1.29 is 0 Å². The van der Waals surface area contributed by atoms with Crippen LogP contribution in [0.15, 0.2) is 11.0 Å². The van der Waals surface area contributed by atoms with Gasteiger partial charge >= 0.3 is 5.69 Å². The van der Waals surface area contributed by atoms with Gasteiger partial charge in [-0.3, -0.25) is 4.57 Å². The van der Waals surface area contributed by atoms with Gasteiger partial charge in [-0.2, -0.15) is 4.98 Å². The zero-order valence-electron chi connectivity index (χ0n) is 8.24. The van der Waals surface area contributed by atoms with Crippen LogP contribution >= 0.6 is 0 Å². The first-order chi connectivity index (χ1) is 6.06. The Morgan fingerprint density at radius 2 is 2.31 bits per heavy atom. The minimum atomic E-state index is -0.266. The molecule has 72 valence electrons. The molecule has 4 heteroatoms. The van der Waals surface area contributed by atoms with E-state index in [4.69, 9.17) is 5.73 Å². The van der Waals surface area contributed by atoms with Gasteiger partial charge in [0.25, 0.3) is 0 Å². The average molecular weight is 181 g/mol. The molecule has 1 aromatic heterocycles. The van der Waals surface area contributed by atoms with Gasteiger partial charge in [-0.1, -0.05) is 6.92 Å². The van der Waals surface area contributed by atoms with Gasteiger partial charge in [0.1, 0.15) is 5.82 Å². The molecule has 1 atom stereocenters. The molecule has 0 aliphatic rings. The molecular formula is C9H15N3O. The number of nitrogens with two attached hydrogens (primary N) is 1. The van der Waals surface area contributed by atoms with E-state index < -0.39 is 0 Å². The van der Waals surface area contributed by atoms with E-state index in [0.29, 0.717) is 5.82 Å². The van der Waals surface area contributed by atoms with Crippen LogP contribution in [0.1, 0.15) is 31.9 Å². The molecule has 0 aromatic carbocycles. The molecule has 0 aliphatic carbocycles. The van der Waals surface area contributed by atoms with Crippen molar-refractivity contribution in [1.29, 1.82) is 0 Å². The number of nitrogen functional groups attached to an aromatic ring is 1. The van der Waals surface area contributed by atoms with Crippen molar-refractivity contribution in [2.24, 2.45) is 0 Å². The second kappa shape index (κ2) is 3.60. The fraction of sp³-hybridized carbons (Fsp3) is 0.556. The maximum Gasteiger partial charge on any atom is 0.349 e. The van der Waals surface area contributed by atoms with Gasteiger partial charge in [0.05, 0.1) is 0 Å². The molecule has 1 unspecified atom stereocenters. The highest BCUT2D eigenvalue weighted by Gasteiger charge is 2.06. The molecule has 1 heterocycles. The van der Waals surface area contributed by atoms with Crippen LogP contribution in [-0.2, 0) is 0 Å². The maximum absolute atomic E-state index is 11.4. The maximum atomic E-state index is 11.4. The quantitative estimate of drug-likeness (QED) is 0.743. The van der Waals surface area contributed by atoms with Gasteiger partial charge in [-0.25, -0.2) is 4.79 Å². The molecule has 0 bridgehead atoms. The Bertz CT molecular complexity index is 356. The normalized spacial score (nSPS) is 12.8. The fourth-order valence-electron chi connectivity index (χ4n) is 1.09. The van der Waals surface area contributed by atoms with E-state index in [1.807, 2.05) is 20.8 Å².